The average Bonchev–Trinajstić information content (AvgIpc) is 2.75. The molecule has 3 aromatic carbocycles. The Kier molecular flexibility index (Phi) is 7.40. The van der Waals surface area contributed by atoms with Crippen LogP contribution in [0.5, 0.6) is 5.75 Å². The molecule has 0 aliphatic heterocycles. The maximum absolute atomic E-state index is 12.8. The van der Waals surface area contributed by atoms with Gasteiger partial charge in [0.05, 0.1) is 7.11 Å². The minimum absolute atomic E-state index is 0.188. The van der Waals surface area contributed by atoms with Crippen LogP contribution >= 0.6 is 0 Å². The van der Waals surface area contributed by atoms with Crippen molar-refractivity contribution in [3.63, 3.8) is 0 Å². The number of ether oxygens (including phenoxy) is 1. The number of hydrogen-bond acceptors (Lipinski definition) is 4. The SMILES string of the molecule is COc1ccc(NC(=O)c2cc(CNCc3ccccc3C)cc(NC(C)=O)c2)cc1. The number of methoxy groups -OCH3 is 1. The summed E-state index contributed by atoms with van der Waals surface area (Å²) in [5.74, 6) is 0.275. The Morgan fingerprint density at radius 2 is 1.61 bits per heavy atom. The first kappa shape index (κ1) is 22.1. The van der Waals surface area contributed by atoms with E-state index in [4.69, 9.17) is 4.74 Å². The molecule has 2 amide bonds. The molecule has 6 heteroatoms. The van der Waals surface area contributed by atoms with Crippen molar-refractivity contribution in [2.45, 2.75) is 26.9 Å². The average molecular weight is 418 g/mol. The van der Waals surface area contributed by atoms with E-state index in [9.17, 15) is 9.59 Å². The summed E-state index contributed by atoms with van der Waals surface area (Å²) in [5.41, 5.74) is 5.06. The van der Waals surface area contributed by atoms with E-state index in [0.29, 0.717) is 35.8 Å². The molecule has 0 saturated carbocycles. The molecular weight excluding hydrogens is 390 g/mol. The van der Waals surface area contributed by atoms with Gasteiger partial charge in [0.25, 0.3) is 5.91 Å². The third-order valence-corrected chi connectivity index (χ3v) is 4.83. The molecule has 0 fully saturated rings. The third kappa shape index (κ3) is 6.42. The van der Waals surface area contributed by atoms with Crippen LogP contribution in [0.3, 0.4) is 0 Å². The quantitative estimate of drug-likeness (QED) is 0.504. The Morgan fingerprint density at radius 3 is 2.29 bits per heavy atom. The molecule has 0 saturated heterocycles. The van der Waals surface area contributed by atoms with Gasteiger partial charge in [-0.2, -0.15) is 0 Å². The molecule has 0 aliphatic rings. The summed E-state index contributed by atoms with van der Waals surface area (Å²) < 4.78 is 5.14. The van der Waals surface area contributed by atoms with Gasteiger partial charge in [-0.15, -0.1) is 0 Å². The highest BCUT2D eigenvalue weighted by molar-refractivity contribution is 6.05. The predicted octanol–water partition coefficient (Wildman–Crippen LogP) is 4.50. The smallest absolute Gasteiger partial charge is 0.255 e. The number of rotatable bonds is 8. The summed E-state index contributed by atoms with van der Waals surface area (Å²) in [6.45, 7) is 4.80. The van der Waals surface area contributed by atoms with Gasteiger partial charge in [-0.25, -0.2) is 0 Å². The number of carbonyl (C=O) groups excluding carboxylic acids is 2. The summed E-state index contributed by atoms with van der Waals surface area (Å²) in [7, 11) is 1.59. The van der Waals surface area contributed by atoms with E-state index >= 15 is 0 Å². The van der Waals surface area contributed by atoms with Gasteiger partial charge in [0.1, 0.15) is 5.75 Å². The zero-order chi connectivity index (χ0) is 22.2. The number of aryl methyl sites for hydroxylation is 1. The van der Waals surface area contributed by atoms with Crippen molar-refractivity contribution in [1.82, 2.24) is 5.32 Å². The topological polar surface area (TPSA) is 79.5 Å². The minimum atomic E-state index is -0.252. The van der Waals surface area contributed by atoms with Crippen molar-refractivity contribution in [2.75, 3.05) is 17.7 Å². The maximum atomic E-state index is 12.8. The Morgan fingerprint density at radius 1 is 0.871 bits per heavy atom. The molecular formula is C25H27N3O3. The molecule has 160 valence electrons. The van der Waals surface area contributed by atoms with Crippen molar-refractivity contribution in [2.24, 2.45) is 0 Å². The van der Waals surface area contributed by atoms with Crippen molar-refractivity contribution in [3.8, 4) is 5.75 Å². The Hall–Kier alpha value is -3.64. The Bertz CT molecular complexity index is 1060. The van der Waals surface area contributed by atoms with Crippen molar-refractivity contribution < 1.29 is 14.3 Å². The number of hydrogen-bond donors (Lipinski definition) is 3. The van der Waals surface area contributed by atoms with Gasteiger partial charge in [0.15, 0.2) is 0 Å². The van der Waals surface area contributed by atoms with Crippen LogP contribution in [0.2, 0.25) is 0 Å². The molecule has 0 unspecified atom stereocenters. The fourth-order valence-corrected chi connectivity index (χ4v) is 3.23. The number of nitrogens with one attached hydrogen (secondary N) is 3. The second kappa shape index (κ2) is 10.4. The van der Waals surface area contributed by atoms with Crippen LogP contribution in [-0.2, 0) is 17.9 Å². The second-order valence-corrected chi connectivity index (χ2v) is 7.31. The van der Waals surface area contributed by atoms with Gasteiger partial charge in [-0.3, -0.25) is 9.59 Å². The van der Waals surface area contributed by atoms with E-state index in [2.05, 4.69) is 35.0 Å². The molecule has 0 aromatic heterocycles. The molecule has 3 N–H and O–H groups in total. The summed E-state index contributed by atoms with van der Waals surface area (Å²) in [5, 5.41) is 9.06. The maximum Gasteiger partial charge on any atom is 0.255 e. The highest BCUT2D eigenvalue weighted by Crippen LogP contribution is 2.19. The highest BCUT2D eigenvalue weighted by atomic mass is 16.5. The van der Waals surface area contributed by atoms with Crippen LogP contribution in [0.15, 0.2) is 66.7 Å². The van der Waals surface area contributed by atoms with Gasteiger partial charge in [0.2, 0.25) is 5.91 Å². The van der Waals surface area contributed by atoms with Crippen molar-refractivity contribution in [3.05, 3.63) is 89.0 Å². The second-order valence-electron chi connectivity index (χ2n) is 7.31. The number of benzene rings is 3. The van der Waals surface area contributed by atoms with E-state index in [-0.39, 0.29) is 11.8 Å². The van der Waals surface area contributed by atoms with E-state index < -0.39 is 0 Å². The Balaban J connectivity index is 1.74. The lowest BCUT2D eigenvalue weighted by atomic mass is 10.1. The van der Waals surface area contributed by atoms with E-state index in [0.717, 1.165) is 5.56 Å². The van der Waals surface area contributed by atoms with Crippen LogP contribution in [0.4, 0.5) is 11.4 Å². The van der Waals surface area contributed by atoms with Gasteiger partial charge in [-0.05, 0) is 66.1 Å². The highest BCUT2D eigenvalue weighted by Gasteiger charge is 2.11. The summed E-state index contributed by atoms with van der Waals surface area (Å²) in [6, 6.07) is 20.7. The first-order valence-electron chi connectivity index (χ1n) is 10.1. The number of amides is 2. The molecule has 0 bridgehead atoms. The summed E-state index contributed by atoms with van der Waals surface area (Å²) in [4.78, 5) is 24.4. The molecule has 3 aromatic rings. The standard InChI is InChI=1S/C25H27N3O3/c1-17-6-4-5-7-20(17)16-26-15-19-12-21(14-23(13-19)27-18(2)29)25(30)28-22-8-10-24(31-3)11-9-22/h4-14,26H,15-16H2,1-3H3,(H,27,29)(H,28,30). The first-order valence-corrected chi connectivity index (χ1v) is 10.1. The fraction of sp³-hybridized carbons (Fsp3) is 0.200. The van der Waals surface area contributed by atoms with E-state index in [1.807, 2.05) is 24.3 Å². The van der Waals surface area contributed by atoms with Gasteiger partial charge in [-0.1, -0.05) is 24.3 Å². The van der Waals surface area contributed by atoms with Gasteiger partial charge in [0, 0.05) is 37.0 Å². The van der Waals surface area contributed by atoms with E-state index in [1.54, 1.807) is 37.4 Å². The predicted molar refractivity (Wildman–Crippen MR) is 123 cm³/mol. The number of carbonyl (C=O) groups is 2. The number of anilines is 2. The normalized spacial score (nSPS) is 10.4. The molecule has 0 spiro atoms. The van der Waals surface area contributed by atoms with Crippen LogP contribution in [-0.4, -0.2) is 18.9 Å². The first-order chi connectivity index (χ1) is 14.9. The monoisotopic (exact) mass is 417 g/mol. The van der Waals surface area contributed by atoms with Gasteiger partial charge < -0.3 is 20.7 Å². The zero-order valence-corrected chi connectivity index (χ0v) is 18.0. The van der Waals surface area contributed by atoms with Crippen molar-refractivity contribution >= 4 is 23.2 Å². The minimum Gasteiger partial charge on any atom is -0.497 e. The summed E-state index contributed by atoms with van der Waals surface area (Å²) in [6.07, 6.45) is 0. The lowest BCUT2D eigenvalue weighted by molar-refractivity contribution is -0.114. The third-order valence-electron chi connectivity index (χ3n) is 4.83. The summed E-state index contributed by atoms with van der Waals surface area (Å²) >= 11 is 0. The van der Waals surface area contributed by atoms with Crippen LogP contribution in [0.25, 0.3) is 0 Å². The van der Waals surface area contributed by atoms with Crippen LogP contribution < -0.4 is 20.7 Å². The largest absolute Gasteiger partial charge is 0.497 e. The van der Waals surface area contributed by atoms with Crippen molar-refractivity contribution in [1.29, 1.82) is 0 Å². The molecule has 31 heavy (non-hydrogen) atoms. The molecule has 0 atom stereocenters. The molecule has 6 nitrogen and oxygen atoms in total. The molecule has 3 rings (SSSR count). The Labute approximate surface area is 182 Å². The lowest BCUT2D eigenvalue weighted by Gasteiger charge is -2.12. The molecule has 0 heterocycles. The van der Waals surface area contributed by atoms with Gasteiger partial charge >= 0.3 is 0 Å². The van der Waals surface area contributed by atoms with Crippen LogP contribution in [0.1, 0.15) is 34.0 Å². The molecule has 0 radical (unpaired) electrons. The van der Waals surface area contributed by atoms with E-state index in [1.165, 1.54) is 18.1 Å². The molecule has 0 aliphatic carbocycles. The van der Waals surface area contributed by atoms with Crippen LogP contribution in [0, 0.1) is 6.92 Å². The fourth-order valence-electron chi connectivity index (χ4n) is 3.23. The lowest BCUT2D eigenvalue weighted by Crippen LogP contribution is -2.17. The zero-order valence-electron chi connectivity index (χ0n) is 18.0.